The maximum absolute atomic E-state index is 12.9. The molecule has 1 amide bonds. The molecule has 150 valence electrons. The van der Waals surface area contributed by atoms with Gasteiger partial charge in [-0.25, -0.2) is 0 Å². The summed E-state index contributed by atoms with van der Waals surface area (Å²) in [5.74, 6) is -0.483. The van der Waals surface area contributed by atoms with Gasteiger partial charge in [-0.2, -0.15) is 0 Å². The first-order valence-corrected chi connectivity index (χ1v) is 9.85. The Morgan fingerprint density at radius 3 is 2.69 bits per heavy atom. The van der Waals surface area contributed by atoms with Gasteiger partial charge < -0.3 is 14.8 Å². The SMILES string of the molecule is O=C(NCc1ccc(Cl)cc1)c1coc2ccc(CN3CC[C@@H](O)C3)cc2c1=O. The summed E-state index contributed by atoms with van der Waals surface area (Å²) in [5, 5.41) is 13.4. The summed E-state index contributed by atoms with van der Waals surface area (Å²) in [6.45, 7) is 2.37. The smallest absolute Gasteiger partial charge is 0.258 e. The number of carbonyl (C=O) groups excluding carboxylic acids is 1. The zero-order valence-corrected chi connectivity index (χ0v) is 16.5. The summed E-state index contributed by atoms with van der Waals surface area (Å²) < 4.78 is 5.52. The highest BCUT2D eigenvalue weighted by Gasteiger charge is 2.20. The van der Waals surface area contributed by atoms with Gasteiger partial charge in [-0.1, -0.05) is 29.8 Å². The monoisotopic (exact) mass is 412 g/mol. The van der Waals surface area contributed by atoms with Crippen molar-refractivity contribution < 1.29 is 14.3 Å². The predicted molar refractivity (Wildman–Crippen MR) is 111 cm³/mol. The molecular weight excluding hydrogens is 392 g/mol. The molecule has 0 aliphatic carbocycles. The molecule has 0 spiro atoms. The lowest BCUT2D eigenvalue weighted by molar-refractivity contribution is 0.0948. The molecule has 1 aliphatic rings. The van der Waals surface area contributed by atoms with Gasteiger partial charge in [0, 0.05) is 31.2 Å². The van der Waals surface area contributed by atoms with Gasteiger partial charge in [0.15, 0.2) is 0 Å². The van der Waals surface area contributed by atoms with E-state index in [1.165, 1.54) is 6.26 Å². The van der Waals surface area contributed by atoms with Crippen LogP contribution in [0.5, 0.6) is 0 Å². The fourth-order valence-electron chi connectivity index (χ4n) is 3.53. The van der Waals surface area contributed by atoms with E-state index in [4.69, 9.17) is 16.0 Å². The molecule has 0 saturated carbocycles. The minimum absolute atomic E-state index is 0.0276. The summed E-state index contributed by atoms with van der Waals surface area (Å²) >= 11 is 5.86. The maximum atomic E-state index is 12.9. The summed E-state index contributed by atoms with van der Waals surface area (Å²) in [6.07, 6.45) is 1.67. The minimum atomic E-state index is -0.483. The van der Waals surface area contributed by atoms with Crippen molar-refractivity contribution in [3.63, 3.8) is 0 Å². The van der Waals surface area contributed by atoms with E-state index in [1.54, 1.807) is 24.3 Å². The van der Waals surface area contributed by atoms with Gasteiger partial charge in [0.25, 0.3) is 5.91 Å². The molecule has 4 rings (SSSR count). The fraction of sp³-hybridized carbons (Fsp3) is 0.273. The first kappa shape index (κ1) is 19.6. The third-order valence-electron chi connectivity index (χ3n) is 5.10. The van der Waals surface area contributed by atoms with Crippen LogP contribution in [0.1, 0.15) is 27.9 Å². The fourth-order valence-corrected chi connectivity index (χ4v) is 3.65. The van der Waals surface area contributed by atoms with Crippen LogP contribution in [0.3, 0.4) is 0 Å². The van der Waals surface area contributed by atoms with E-state index in [0.29, 0.717) is 29.1 Å². The number of aliphatic hydroxyl groups excluding tert-OH is 1. The standard InChI is InChI=1S/C22H21ClN2O4/c23-16-4-1-14(2-5-16)10-24-22(28)19-13-29-20-6-3-15(9-18(20)21(19)27)11-25-8-7-17(26)12-25/h1-6,9,13,17,26H,7-8,10-12H2,(H,24,28)/t17-/m1/s1. The Bertz CT molecular complexity index is 1090. The number of likely N-dealkylation sites (tertiary alicyclic amines) is 1. The van der Waals surface area contributed by atoms with E-state index in [1.807, 2.05) is 18.2 Å². The average Bonchev–Trinajstić information content (AvgIpc) is 3.12. The number of rotatable bonds is 5. The summed E-state index contributed by atoms with van der Waals surface area (Å²) in [7, 11) is 0. The number of nitrogens with one attached hydrogen (secondary N) is 1. The molecule has 1 saturated heterocycles. The van der Waals surface area contributed by atoms with Gasteiger partial charge in [-0.3, -0.25) is 14.5 Å². The first-order valence-electron chi connectivity index (χ1n) is 9.47. The molecule has 29 heavy (non-hydrogen) atoms. The third-order valence-corrected chi connectivity index (χ3v) is 5.35. The van der Waals surface area contributed by atoms with E-state index in [0.717, 1.165) is 24.1 Å². The predicted octanol–water partition coefficient (Wildman–Crippen LogP) is 2.94. The quantitative estimate of drug-likeness (QED) is 0.673. The van der Waals surface area contributed by atoms with Crippen molar-refractivity contribution >= 4 is 28.5 Å². The molecule has 0 unspecified atom stereocenters. The first-order chi connectivity index (χ1) is 14.0. The lowest BCUT2D eigenvalue weighted by atomic mass is 10.1. The molecule has 6 nitrogen and oxygen atoms in total. The van der Waals surface area contributed by atoms with E-state index >= 15 is 0 Å². The highest BCUT2D eigenvalue weighted by Crippen LogP contribution is 2.18. The number of carbonyl (C=O) groups is 1. The molecule has 0 radical (unpaired) electrons. The van der Waals surface area contributed by atoms with Crippen molar-refractivity contribution in [3.8, 4) is 0 Å². The number of hydrogen-bond acceptors (Lipinski definition) is 5. The normalized spacial score (nSPS) is 17.0. The van der Waals surface area contributed by atoms with Gasteiger partial charge in [-0.15, -0.1) is 0 Å². The Balaban J connectivity index is 1.53. The highest BCUT2D eigenvalue weighted by atomic mass is 35.5. The second-order valence-corrected chi connectivity index (χ2v) is 7.73. The second-order valence-electron chi connectivity index (χ2n) is 7.30. The van der Waals surface area contributed by atoms with Gasteiger partial charge in [-0.05, 0) is 41.8 Å². The number of hydrogen-bond donors (Lipinski definition) is 2. The lowest BCUT2D eigenvalue weighted by Crippen LogP contribution is -2.28. The Labute approximate surface area is 172 Å². The van der Waals surface area contributed by atoms with Crippen molar-refractivity contribution in [2.75, 3.05) is 13.1 Å². The second kappa shape index (κ2) is 8.37. The number of halogens is 1. The molecule has 2 aromatic carbocycles. The van der Waals surface area contributed by atoms with Crippen LogP contribution in [0.15, 0.2) is 57.9 Å². The van der Waals surface area contributed by atoms with E-state index < -0.39 is 5.91 Å². The molecule has 7 heteroatoms. The number of nitrogens with zero attached hydrogens (tertiary/aromatic N) is 1. The maximum Gasteiger partial charge on any atom is 0.258 e. The van der Waals surface area contributed by atoms with Crippen LogP contribution in [-0.4, -0.2) is 35.1 Å². The van der Waals surface area contributed by atoms with E-state index in [-0.39, 0.29) is 23.6 Å². The summed E-state index contributed by atoms with van der Waals surface area (Å²) in [6, 6.07) is 12.5. The van der Waals surface area contributed by atoms with Gasteiger partial charge >= 0.3 is 0 Å². The Morgan fingerprint density at radius 2 is 1.97 bits per heavy atom. The van der Waals surface area contributed by atoms with E-state index in [9.17, 15) is 14.7 Å². The van der Waals surface area contributed by atoms with Crippen molar-refractivity contribution in [1.82, 2.24) is 10.2 Å². The van der Waals surface area contributed by atoms with Crippen LogP contribution in [-0.2, 0) is 13.1 Å². The van der Waals surface area contributed by atoms with Crippen molar-refractivity contribution in [2.45, 2.75) is 25.6 Å². The molecule has 1 aliphatic heterocycles. The molecule has 3 aromatic rings. The molecule has 2 heterocycles. The van der Waals surface area contributed by atoms with Gasteiger partial charge in [0.2, 0.25) is 5.43 Å². The van der Waals surface area contributed by atoms with Crippen LogP contribution in [0.4, 0.5) is 0 Å². The van der Waals surface area contributed by atoms with Crippen LogP contribution in [0.25, 0.3) is 11.0 Å². The Kier molecular flexibility index (Phi) is 5.67. The van der Waals surface area contributed by atoms with Crippen LogP contribution in [0.2, 0.25) is 5.02 Å². The average molecular weight is 413 g/mol. The molecule has 2 N–H and O–H groups in total. The summed E-state index contributed by atoms with van der Waals surface area (Å²) in [4.78, 5) is 27.5. The summed E-state index contributed by atoms with van der Waals surface area (Å²) in [5.41, 5.74) is 1.87. The largest absolute Gasteiger partial charge is 0.463 e. The van der Waals surface area contributed by atoms with Crippen molar-refractivity contribution in [2.24, 2.45) is 0 Å². The van der Waals surface area contributed by atoms with Crippen molar-refractivity contribution in [1.29, 1.82) is 0 Å². The number of benzene rings is 2. The molecule has 1 atom stereocenters. The number of fused-ring (bicyclic) bond motifs is 1. The molecular formula is C22H21ClN2O4. The number of aliphatic hydroxyl groups is 1. The van der Waals surface area contributed by atoms with Crippen LogP contribution < -0.4 is 10.7 Å². The molecule has 1 fully saturated rings. The topological polar surface area (TPSA) is 82.8 Å². The molecule has 0 bridgehead atoms. The van der Waals surface area contributed by atoms with Gasteiger partial charge in [0.05, 0.1) is 11.5 Å². The van der Waals surface area contributed by atoms with Crippen LogP contribution in [0, 0.1) is 0 Å². The Morgan fingerprint density at radius 1 is 1.21 bits per heavy atom. The van der Waals surface area contributed by atoms with E-state index in [2.05, 4.69) is 10.2 Å². The third kappa shape index (κ3) is 4.50. The highest BCUT2D eigenvalue weighted by molar-refractivity contribution is 6.30. The minimum Gasteiger partial charge on any atom is -0.463 e. The lowest BCUT2D eigenvalue weighted by Gasteiger charge is -2.15. The number of amides is 1. The van der Waals surface area contributed by atoms with Crippen LogP contribution >= 0.6 is 11.6 Å². The zero-order chi connectivity index (χ0) is 20.4. The van der Waals surface area contributed by atoms with Crippen molar-refractivity contribution in [3.05, 3.63) is 80.7 Å². The van der Waals surface area contributed by atoms with Gasteiger partial charge in [0.1, 0.15) is 17.4 Å². The number of β-amino-alcohol motifs (C(OH)–C–C–N with tert-alkyl or cyclic N) is 1. The zero-order valence-electron chi connectivity index (χ0n) is 15.7. The Hall–Kier alpha value is -2.67. The molecule has 1 aromatic heterocycles.